The second-order valence-electron chi connectivity index (χ2n) is 5.67. The van der Waals surface area contributed by atoms with Gasteiger partial charge in [-0.15, -0.1) is 0 Å². The van der Waals surface area contributed by atoms with Gasteiger partial charge in [0, 0.05) is 18.3 Å². The number of pyridine rings is 1. The molecule has 1 heterocycles. The summed E-state index contributed by atoms with van der Waals surface area (Å²) >= 11 is 0.261. The third-order valence-electron chi connectivity index (χ3n) is 3.79. The van der Waals surface area contributed by atoms with Crippen molar-refractivity contribution in [2.45, 2.75) is 16.8 Å². The second-order valence-corrected chi connectivity index (χ2v) is 6.64. The van der Waals surface area contributed by atoms with Crippen LogP contribution < -0.4 is 10.1 Å². The van der Waals surface area contributed by atoms with Crippen LogP contribution in [0.25, 0.3) is 0 Å². The molecule has 1 atom stereocenters. The lowest BCUT2D eigenvalue weighted by Gasteiger charge is -2.26. The molecule has 5 nitrogen and oxygen atoms in total. The quantitative estimate of drug-likeness (QED) is 0.710. The zero-order valence-corrected chi connectivity index (χ0v) is 15.6. The molecule has 0 radical (unpaired) electrons. The van der Waals surface area contributed by atoms with Gasteiger partial charge >= 0.3 is 0 Å². The molecule has 1 amide bonds. The Morgan fingerprint density at radius 2 is 2.00 bits per heavy atom. The van der Waals surface area contributed by atoms with E-state index in [4.69, 9.17) is 4.74 Å². The predicted molar refractivity (Wildman–Crippen MR) is 97.9 cm³/mol. The summed E-state index contributed by atoms with van der Waals surface area (Å²) < 4.78 is 30.7. The number of nitrogens with zero attached hydrogens (tertiary/aromatic N) is 2. The van der Waals surface area contributed by atoms with Crippen LogP contribution in [0.1, 0.15) is 22.0 Å². The third-order valence-corrected chi connectivity index (χ3v) is 4.52. The fourth-order valence-corrected chi connectivity index (χ4v) is 3.12. The van der Waals surface area contributed by atoms with E-state index in [2.05, 4.69) is 10.3 Å². The van der Waals surface area contributed by atoms with Gasteiger partial charge in [0.2, 0.25) is 0 Å². The molecule has 0 aliphatic heterocycles. The van der Waals surface area contributed by atoms with E-state index in [1.54, 1.807) is 13.2 Å². The van der Waals surface area contributed by atoms with Gasteiger partial charge in [0.25, 0.3) is 11.7 Å². The summed E-state index contributed by atoms with van der Waals surface area (Å²) in [6.45, 7) is 0.292. The van der Waals surface area contributed by atoms with Crippen LogP contribution in [-0.2, 0) is 0 Å². The van der Waals surface area contributed by atoms with Gasteiger partial charge in [-0.2, -0.15) is 8.78 Å². The van der Waals surface area contributed by atoms with Gasteiger partial charge in [0.05, 0.1) is 18.7 Å². The zero-order chi connectivity index (χ0) is 19.1. The first kappa shape index (κ1) is 20.1. The Morgan fingerprint density at radius 3 is 2.65 bits per heavy atom. The van der Waals surface area contributed by atoms with Crippen LogP contribution in [0.5, 0.6) is 5.75 Å². The van der Waals surface area contributed by atoms with Crippen LogP contribution in [0, 0.1) is 0 Å². The average molecular weight is 381 g/mol. The highest BCUT2D eigenvalue weighted by atomic mass is 32.2. The van der Waals surface area contributed by atoms with Gasteiger partial charge in [-0.05, 0) is 44.1 Å². The van der Waals surface area contributed by atoms with Crippen molar-refractivity contribution < 1.29 is 18.3 Å². The molecular formula is C18H21F2N3O2S. The minimum atomic E-state index is -2.64. The molecule has 0 aliphatic carbocycles. The molecule has 0 saturated heterocycles. The van der Waals surface area contributed by atoms with Crippen molar-refractivity contribution in [2.24, 2.45) is 0 Å². The van der Waals surface area contributed by atoms with E-state index in [1.807, 2.05) is 43.3 Å². The maximum absolute atomic E-state index is 12.7. The van der Waals surface area contributed by atoms with Crippen LogP contribution in [0.3, 0.4) is 0 Å². The number of benzene rings is 1. The van der Waals surface area contributed by atoms with Gasteiger partial charge in [-0.25, -0.2) is 4.98 Å². The number of ether oxygens (including phenoxy) is 1. The van der Waals surface area contributed by atoms with Crippen LogP contribution in [0.4, 0.5) is 8.78 Å². The van der Waals surface area contributed by atoms with Gasteiger partial charge in [-0.1, -0.05) is 18.2 Å². The second kappa shape index (κ2) is 9.49. The van der Waals surface area contributed by atoms with Crippen molar-refractivity contribution in [3.8, 4) is 5.75 Å². The number of methoxy groups -OCH3 is 1. The number of aromatic nitrogens is 1. The Labute approximate surface area is 155 Å². The first-order valence-electron chi connectivity index (χ1n) is 7.91. The molecule has 2 rings (SSSR count). The van der Waals surface area contributed by atoms with Crippen LogP contribution in [-0.4, -0.2) is 49.3 Å². The molecule has 1 aromatic heterocycles. The minimum Gasteiger partial charge on any atom is -0.496 e. The highest BCUT2D eigenvalue weighted by Gasteiger charge is 2.21. The van der Waals surface area contributed by atoms with Crippen molar-refractivity contribution in [3.05, 3.63) is 53.7 Å². The Bertz CT molecular complexity index is 744. The number of likely N-dealkylation sites (N-methyl/N-ethyl adjacent to an activating group) is 1. The molecule has 26 heavy (non-hydrogen) atoms. The van der Waals surface area contributed by atoms with Crippen molar-refractivity contribution in [2.75, 3.05) is 27.7 Å². The molecule has 1 unspecified atom stereocenters. The van der Waals surface area contributed by atoms with E-state index in [0.717, 1.165) is 11.3 Å². The van der Waals surface area contributed by atoms with E-state index >= 15 is 0 Å². The Kier molecular flexibility index (Phi) is 7.35. The number of carbonyl (C=O) groups is 1. The van der Waals surface area contributed by atoms with Crippen molar-refractivity contribution in [3.63, 3.8) is 0 Å². The molecular weight excluding hydrogens is 360 g/mol. The van der Waals surface area contributed by atoms with Gasteiger partial charge in [-0.3, -0.25) is 4.79 Å². The monoisotopic (exact) mass is 381 g/mol. The number of amides is 1. The van der Waals surface area contributed by atoms with Crippen molar-refractivity contribution >= 4 is 17.7 Å². The zero-order valence-electron chi connectivity index (χ0n) is 14.8. The summed E-state index contributed by atoms with van der Waals surface area (Å²) in [6.07, 6.45) is 1.39. The number of thioether (sulfide) groups is 1. The highest BCUT2D eigenvalue weighted by Crippen LogP contribution is 2.28. The average Bonchev–Trinajstić information content (AvgIpc) is 2.61. The number of rotatable bonds is 8. The Morgan fingerprint density at radius 1 is 1.27 bits per heavy atom. The van der Waals surface area contributed by atoms with Gasteiger partial charge in [0.15, 0.2) is 0 Å². The number of carbonyl (C=O) groups excluding carboxylic acids is 1. The maximum atomic E-state index is 12.7. The Hall–Kier alpha value is -2.19. The molecule has 1 aromatic carbocycles. The number of alkyl halides is 2. The van der Waals surface area contributed by atoms with E-state index < -0.39 is 11.7 Å². The standard InChI is InChI=1S/C18H21F2N3O2S/c1-23(2)14(12-7-4-5-9-15(12)25-3)11-22-16(24)13-8-6-10-21-17(13)26-18(19)20/h4-10,14,18H,11H2,1-3H3,(H,22,24). The van der Waals surface area contributed by atoms with Gasteiger partial charge < -0.3 is 15.0 Å². The first-order valence-corrected chi connectivity index (χ1v) is 8.79. The summed E-state index contributed by atoms with van der Waals surface area (Å²) in [7, 11) is 5.38. The van der Waals surface area contributed by atoms with E-state index in [0.29, 0.717) is 6.54 Å². The molecule has 0 bridgehead atoms. The molecule has 0 fully saturated rings. The number of para-hydroxylation sites is 1. The molecule has 8 heteroatoms. The molecule has 140 valence electrons. The predicted octanol–water partition coefficient (Wildman–Crippen LogP) is 3.44. The Balaban J connectivity index is 2.16. The van der Waals surface area contributed by atoms with Crippen molar-refractivity contribution in [1.82, 2.24) is 15.2 Å². The summed E-state index contributed by atoms with van der Waals surface area (Å²) in [6, 6.07) is 10.4. The largest absolute Gasteiger partial charge is 0.496 e. The molecule has 2 aromatic rings. The third kappa shape index (κ3) is 5.15. The highest BCUT2D eigenvalue weighted by molar-refractivity contribution is 7.99. The van der Waals surface area contributed by atoms with Crippen LogP contribution >= 0.6 is 11.8 Å². The lowest BCUT2D eigenvalue weighted by molar-refractivity contribution is 0.0938. The lowest BCUT2D eigenvalue weighted by Crippen LogP contribution is -2.35. The molecule has 0 saturated carbocycles. The van der Waals surface area contributed by atoms with Crippen LogP contribution in [0.2, 0.25) is 0 Å². The fourth-order valence-electron chi connectivity index (χ4n) is 2.54. The molecule has 0 aliphatic rings. The summed E-state index contributed by atoms with van der Waals surface area (Å²) in [5.74, 6) is -2.36. The maximum Gasteiger partial charge on any atom is 0.290 e. The summed E-state index contributed by atoms with van der Waals surface area (Å²) in [5, 5.41) is 2.82. The fraction of sp³-hybridized carbons (Fsp3) is 0.333. The summed E-state index contributed by atoms with van der Waals surface area (Å²) in [4.78, 5) is 18.3. The number of hydrogen-bond acceptors (Lipinski definition) is 5. The normalized spacial score (nSPS) is 12.3. The molecule has 1 N–H and O–H groups in total. The summed E-state index contributed by atoms with van der Waals surface area (Å²) in [5.41, 5.74) is 1.06. The SMILES string of the molecule is COc1ccccc1C(CNC(=O)c1cccnc1SC(F)F)N(C)C. The number of nitrogens with one attached hydrogen (secondary N) is 1. The first-order chi connectivity index (χ1) is 12.4. The lowest BCUT2D eigenvalue weighted by atomic mass is 10.0. The molecule has 0 spiro atoms. The number of halogens is 2. The smallest absolute Gasteiger partial charge is 0.290 e. The van der Waals surface area contributed by atoms with Crippen LogP contribution in [0.15, 0.2) is 47.6 Å². The minimum absolute atomic E-state index is 0.0127. The topological polar surface area (TPSA) is 54.5 Å². The van der Waals surface area contributed by atoms with E-state index in [9.17, 15) is 13.6 Å². The van der Waals surface area contributed by atoms with E-state index in [-0.39, 0.29) is 28.4 Å². The van der Waals surface area contributed by atoms with Gasteiger partial charge in [0.1, 0.15) is 10.8 Å². The van der Waals surface area contributed by atoms with Crippen molar-refractivity contribution in [1.29, 1.82) is 0 Å². The number of hydrogen-bond donors (Lipinski definition) is 1. The van der Waals surface area contributed by atoms with E-state index in [1.165, 1.54) is 12.3 Å².